The molecule has 0 saturated heterocycles. The second-order valence-corrected chi connectivity index (χ2v) is 7.28. The molecular weight excluding hydrogens is 417 g/mol. The highest BCUT2D eigenvalue weighted by Crippen LogP contribution is 2.39. The van der Waals surface area contributed by atoms with Gasteiger partial charge in [-0.25, -0.2) is 9.40 Å². The number of nitrogens with zero attached hydrogens (tertiary/aromatic N) is 3. The van der Waals surface area contributed by atoms with Crippen molar-refractivity contribution in [2.45, 2.75) is 12.5 Å². The van der Waals surface area contributed by atoms with Gasteiger partial charge >= 0.3 is 0 Å². The lowest BCUT2D eigenvalue weighted by Gasteiger charge is -2.26. The zero-order valence-electron chi connectivity index (χ0n) is 18.5. The predicted molar refractivity (Wildman–Crippen MR) is 116 cm³/mol. The molecule has 1 heterocycles. The summed E-state index contributed by atoms with van der Waals surface area (Å²) < 4.78 is 30.2. The van der Waals surface area contributed by atoms with Crippen molar-refractivity contribution >= 4 is 17.5 Å². The van der Waals surface area contributed by atoms with Gasteiger partial charge in [0, 0.05) is 31.7 Å². The maximum absolute atomic E-state index is 14.5. The molecule has 2 aromatic carbocycles. The number of carbonyl (C=O) groups excluding carboxylic acids is 2. The quantitative estimate of drug-likeness (QED) is 0.627. The molecule has 0 radical (unpaired) electrons. The molecule has 8 nitrogen and oxygen atoms in total. The van der Waals surface area contributed by atoms with Gasteiger partial charge in [0.25, 0.3) is 5.91 Å². The minimum absolute atomic E-state index is 0.138. The summed E-state index contributed by atoms with van der Waals surface area (Å²) in [5.41, 5.74) is 1.41. The maximum Gasteiger partial charge on any atom is 0.262 e. The highest BCUT2D eigenvalue weighted by Gasteiger charge is 2.36. The van der Waals surface area contributed by atoms with Crippen molar-refractivity contribution in [2.24, 2.45) is 5.10 Å². The topological polar surface area (TPSA) is 80.7 Å². The molecule has 9 heteroatoms. The first kappa shape index (κ1) is 23.2. The largest absolute Gasteiger partial charge is 0.497 e. The highest BCUT2D eigenvalue weighted by atomic mass is 19.1. The molecule has 2 aromatic rings. The second-order valence-electron chi connectivity index (χ2n) is 7.28. The van der Waals surface area contributed by atoms with E-state index < -0.39 is 17.8 Å². The first-order valence-electron chi connectivity index (χ1n) is 9.98. The lowest BCUT2D eigenvalue weighted by atomic mass is 9.97. The first-order chi connectivity index (χ1) is 15.4. The average molecular weight is 443 g/mol. The van der Waals surface area contributed by atoms with Crippen LogP contribution in [0, 0.1) is 5.82 Å². The van der Waals surface area contributed by atoms with Crippen LogP contribution in [0.2, 0.25) is 0 Å². The first-order valence-corrected chi connectivity index (χ1v) is 9.98. The predicted octanol–water partition coefficient (Wildman–Crippen LogP) is 2.63. The minimum atomic E-state index is -0.562. The number of amides is 2. The monoisotopic (exact) mass is 443 g/mol. The Hall–Kier alpha value is -3.46. The third kappa shape index (κ3) is 4.88. The standard InChI is InChI=1S/C23H26FN3O5/c1-26(23(29)14-30-2)13-22(28)27-20(17-11-15(31-3)9-10-21(17)32-4)12-19(25-27)16-7-5-6-8-18(16)24/h5-11,20H,12-14H2,1-4H3/t20-/m1/s1. The van der Waals surface area contributed by atoms with Crippen LogP contribution in [0.15, 0.2) is 47.6 Å². The summed E-state index contributed by atoms with van der Waals surface area (Å²) in [6.07, 6.45) is 0.270. The van der Waals surface area contributed by atoms with Gasteiger partial charge in [-0.1, -0.05) is 18.2 Å². The molecule has 32 heavy (non-hydrogen) atoms. The summed E-state index contributed by atoms with van der Waals surface area (Å²) in [5, 5.41) is 5.75. The minimum Gasteiger partial charge on any atom is -0.497 e. The number of hydrazone groups is 1. The fourth-order valence-corrected chi connectivity index (χ4v) is 3.54. The van der Waals surface area contributed by atoms with Crippen LogP contribution in [0.4, 0.5) is 4.39 Å². The van der Waals surface area contributed by atoms with Gasteiger partial charge in [-0.15, -0.1) is 0 Å². The molecular formula is C23H26FN3O5. The molecule has 0 aromatic heterocycles. The van der Waals surface area contributed by atoms with Crippen molar-refractivity contribution in [3.63, 3.8) is 0 Å². The van der Waals surface area contributed by atoms with Crippen molar-refractivity contribution < 1.29 is 28.2 Å². The number of halogens is 1. The molecule has 3 rings (SSSR count). The van der Waals surface area contributed by atoms with Crippen molar-refractivity contribution in [3.8, 4) is 11.5 Å². The lowest BCUT2D eigenvalue weighted by Crippen LogP contribution is -2.40. The molecule has 0 saturated carbocycles. The molecule has 1 aliphatic heterocycles. The van der Waals surface area contributed by atoms with Crippen molar-refractivity contribution in [1.82, 2.24) is 9.91 Å². The van der Waals surface area contributed by atoms with Crippen LogP contribution in [-0.4, -0.2) is 69.0 Å². The van der Waals surface area contributed by atoms with Gasteiger partial charge in [-0.2, -0.15) is 5.10 Å². The molecule has 1 atom stereocenters. The Morgan fingerprint density at radius 2 is 1.91 bits per heavy atom. The fraction of sp³-hybridized carbons (Fsp3) is 0.348. The van der Waals surface area contributed by atoms with Crippen molar-refractivity contribution in [3.05, 3.63) is 59.4 Å². The molecule has 0 unspecified atom stereocenters. The number of carbonyl (C=O) groups is 2. The van der Waals surface area contributed by atoms with Gasteiger partial charge in [0.2, 0.25) is 5.91 Å². The summed E-state index contributed by atoms with van der Waals surface area (Å²) in [7, 11) is 5.99. The number of rotatable bonds is 8. The van der Waals surface area contributed by atoms with Gasteiger partial charge in [0.05, 0.1) is 26.0 Å². The van der Waals surface area contributed by atoms with E-state index in [2.05, 4.69) is 5.10 Å². The Kier molecular flexibility index (Phi) is 7.42. The number of hydrogen-bond acceptors (Lipinski definition) is 6. The zero-order chi connectivity index (χ0) is 23.3. The molecule has 2 amide bonds. The van der Waals surface area contributed by atoms with E-state index in [0.29, 0.717) is 28.3 Å². The van der Waals surface area contributed by atoms with E-state index in [1.165, 1.54) is 37.2 Å². The van der Waals surface area contributed by atoms with Crippen LogP contribution in [0.25, 0.3) is 0 Å². The molecule has 0 N–H and O–H groups in total. The van der Waals surface area contributed by atoms with Gasteiger partial charge in [-0.05, 0) is 24.3 Å². The molecule has 0 spiro atoms. The third-order valence-corrected chi connectivity index (χ3v) is 5.21. The second kappa shape index (κ2) is 10.2. The normalized spacial score (nSPS) is 15.3. The van der Waals surface area contributed by atoms with Crippen LogP contribution in [-0.2, 0) is 14.3 Å². The van der Waals surface area contributed by atoms with Gasteiger partial charge < -0.3 is 19.1 Å². The van der Waals surface area contributed by atoms with E-state index in [-0.39, 0.29) is 25.5 Å². The Morgan fingerprint density at radius 1 is 1.16 bits per heavy atom. The number of ether oxygens (including phenoxy) is 3. The summed E-state index contributed by atoms with van der Waals surface area (Å²) in [4.78, 5) is 26.5. The number of hydrogen-bond donors (Lipinski definition) is 0. The van der Waals surface area contributed by atoms with E-state index in [1.54, 1.807) is 43.5 Å². The third-order valence-electron chi connectivity index (χ3n) is 5.21. The smallest absolute Gasteiger partial charge is 0.262 e. The number of likely N-dealkylation sites (N-methyl/N-ethyl adjacent to an activating group) is 1. The van der Waals surface area contributed by atoms with E-state index in [4.69, 9.17) is 14.2 Å². The summed E-state index contributed by atoms with van der Waals surface area (Å²) in [6, 6.07) is 11.0. The SMILES string of the molecule is COCC(=O)N(C)CC(=O)N1N=C(c2ccccc2F)C[C@@H]1c1cc(OC)ccc1OC. The van der Waals surface area contributed by atoms with Crippen molar-refractivity contribution in [2.75, 3.05) is 41.5 Å². The number of benzene rings is 2. The van der Waals surface area contributed by atoms with E-state index in [9.17, 15) is 14.0 Å². The van der Waals surface area contributed by atoms with Crippen LogP contribution >= 0.6 is 0 Å². The van der Waals surface area contributed by atoms with E-state index in [0.717, 1.165) is 0 Å². The lowest BCUT2D eigenvalue weighted by molar-refractivity contribution is -0.142. The van der Waals surface area contributed by atoms with E-state index in [1.807, 2.05) is 0 Å². The van der Waals surface area contributed by atoms with Gasteiger partial charge in [0.1, 0.15) is 30.5 Å². The Bertz CT molecular complexity index is 1030. The Balaban J connectivity index is 1.99. The van der Waals surface area contributed by atoms with Crippen LogP contribution in [0.5, 0.6) is 11.5 Å². The molecule has 0 aliphatic carbocycles. The highest BCUT2D eigenvalue weighted by molar-refractivity contribution is 6.03. The zero-order valence-corrected chi connectivity index (χ0v) is 18.5. The Morgan fingerprint density at radius 3 is 2.56 bits per heavy atom. The molecule has 0 bridgehead atoms. The summed E-state index contributed by atoms with van der Waals surface area (Å²) in [6.45, 7) is -0.348. The van der Waals surface area contributed by atoms with Crippen LogP contribution < -0.4 is 9.47 Å². The van der Waals surface area contributed by atoms with Gasteiger partial charge in [0.15, 0.2) is 0 Å². The summed E-state index contributed by atoms with van der Waals surface area (Å²) >= 11 is 0. The molecule has 170 valence electrons. The Labute approximate surface area is 186 Å². The maximum atomic E-state index is 14.5. The molecule has 1 aliphatic rings. The fourth-order valence-electron chi connectivity index (χ4n) is 3.54. The van der Waals surface area contributed by atoms with Gasteiger partial charge in [-0.3, -0.25) is 9.59 Å². The van der Waals surface area contributed by atoms with Crippen LogP contribution in [0.3, 0.4) is 0 Å². The number of methoxy groups -OCH3 is 3. The molecule has 0 fully saturated rings. The van der Waals surface area contributed by atoms with Crippen LogP contribution in [0.1, 0.15) is 23.6 Å². The average Bonchev–Trinajstić information content (AvgIpc) is 3.24. The van der Waals surface area contributed by atoms with Crippen molar-refractivity contribution in [1.29, 1.82) is 0 Å². The van der Waals surface area contributed by atoms with E-state index >= 15 is 0 Å². The summed E-state index contributed by atoms with van der Waals surface area (Å²) in [5.74, 6) is -0.0568.